The van der Waals surface area contributed by atoms with E-state index < -0.39 is 18.7 Å². The lowest BCUT2D eigenvalue weighted by molar-refractivity contribution is -0.142. The van der Waals surface area contributed by atoms with Crippen molar-refractivity contribution in [2.24, 2.45) is 0 Å². The van der Waals surface area contributed by atoms with Gasteiger partial charge in [-0.05, 0) is 11.6 Å². The van der Waals surface area contributed by atoms with Gasteiger partial charge in [-0.1, -0.05) is 29.6 Å². The molecule has 118 valence electrons. The van der Waals surface area contributed by atoms with Gasteiger partial charge in [0, 0.05) is 29.3 Å². The zero-order chi connectivity index (χ0) is 15.6. The van der Waals surface area contributed by atoms with Gasteiger partial charge in [0.25, 0.3) is 0 Å². The smallest absolute Gasteiger partial charge is 0.327 e. The summed E-state index contributed by atoms with van der Waals surface area (Å²) >= 11 is 1.22. The van der Waals surface area contributed by atoms with Crippen LogP contribution < -0.4 is 5.09 Å². The Morgan fingerprint density at radius 3 is 3.09 bits per heavy atom. The molecular weight excluding hydrogens is 323 g/mol. The number of aromatic amines is 1. The number of benzene rings is 1. The lowest BCUT2D eigenvalue weighted by Gasteiger charge is -2.19. The van der Waals surface area contributed by atoms with Crippen LogP contribution in [0.4, 0.5) is 0 Å². The largest absolute Gasteiger partial charge is 0.468 e. The van der Waals surface area contributed by atoms with Crippen LogP contribution in [0.3, 0.4) is 0 Å². The summed E-state index contributed by atoms with van der Waals surface area (Å²) in [7, 11) is 1.32. The van der Waals surface area contributed by atoms with Crippen LogP contribution in [0, 0.1) is 0 Å². The van der Waals surface area contributed by atoms with Crippen molar-refractivity contribution in [2.75, 3.05) is 19.5 Å². The van der Waals surface area contributed by atoms with Crippen LogP contribution in [0.1, 0.15) is 5.56 Å². The highest BCUT2D eigenvalue weighted by Crippen LogP contribution is 2.60. The molecule has 8 heteroatoms. The van der Waals surface area contributed by atoms with Crippen molar-refractivity contribution in [1.29, 1.82) is 0 Å². The van der Waals surface area contributed by atoms with Crippen molar-refractivity contribution in [2.45, 2.75) is 12.5 Å². The van der Waals surface area contributed by atoms with Crippen molar-refractivity contribution in [1.82, 2.24) is 10.1 Å². The summed E-state index contributed by atoms with van der Waals surface area (Å²) < 4.78 is 22.5. The first-order valence-corrected chi connectivity index (χ1v) is 10.1. The number of nitrogens with one attached hydrogen (secondary N) is 2. The number of methoxy groups -OCH3 is 1. The first-order chi connectivity index (χ1) is 10.6. The minimum atomic E-state index is -3.02. The molecule has 2 unspecified atom stereocenters. The molecule has 1 saturated heterocycles. The minimum Gasteiger partial charge on any atom is -0.468 e. The van der Waals surface area contributed by atoms with Crippen LogP contribution in [0.2, 0.25) is 0 Å². The Morgan fingerprint density at radius 2 is 2.36 bits per heavy atom. The Labute approximate surface area is 132 Å². The van der Waals surface area contributed by atoms with Crippen molar-refractivity contribution in [3.05, 3.63) is 36.0 Å². The number of carbonyl (C=O) groups is 1. The number of carbonyl (C=O) groups excluding carboxylic acids is 1. The van der Waals surface area contributed by atoms with Gasteiger partial charge in [-0.25, -0.2) is 5.09 Å². The van der Waals surface area contributed by atoms with E-state index in [0.29, 0.717) is 18.8 Å². The Bertz CT molecular complexity index is 722. The minimum absolute atomic E-state index is 0.380. The molecule has 1 aromatic heterocycles. The Morgan fingerprint density at radius 1 is 1.55 bits per heavy atom. The van der Waals surface area contributed by atoms with Gasteiger partial charge in [0.2, 0.25) is 0 Å². The molecule has 22 heavy (non-hydrogen) atoms. The Kier molecular flexibility index (Phi) is 4.59. The van der Waals surface area contributed by atoms with E-state index in [1.54, 1.807) is 0 Å². The summed E-state index contributed by atoms with van der Waals surface area (Å²) in [5, 5.41) is 3.89. The molecule has 0 radical (unpaired) electrons. The summed E-state index contributed by atoms with van der Waals surface area (Å²) in [6.45, 7) is -2.59. The van der Waals surface area contributed by atoms with Gasteiger partial charge in [0.15, 0.2) is 0 Å². The lowest BCUT2D eigenvalue weighted by atomic mass is 10.1. The van der Waals surface area contributed by atoms with Crippen LogP contribution in [-0.2, 0) is 25.0 Å². The van der Waals surface area contributed by atoms with Gasteiger partial charge in [-0.3, -0.25) is 9.36 Å². The van der Waals surface area contributed by atoms with Gasteiger partial charge >= 0.3 is 12.7 Å². The van der Waals surface area contributed by atoms with Crippen molar-refractivity contribution in [3.63, 3.8) is 0 Å². The third kappa shape index (κ3) is 3.22. The molecule has 1 aliphatic rings. The van der Waals surface area contributed by atoms with E-state index in [1.807, 2.05) is 30.5 Å². The Hall–Kier alpha value is -1.27. The monoisotopic (exact) mass is 340 g/mol. The lowest BCUT2D eigenvalue weighted by Crippen LogP contribution is -2.37. The molecule has 1 aliphatic heterocycles. The summed E-state index contributed by atoms with van der Waals surface area (Å²) in [6.07, 6.45) is 2.24. The molecule has 1 fully saturated rings. The molecule has 3 rings (SSSR count). The SMILES string of the molecule is COC(=O)C(Cc1c[nH]c2ccccc12)NP1(=O)OCCS1. The summed E-state index contributed by atoms with van der Waals surface area (Å²) in [4.78, 5) is 15.2. The van der Waals surface area contributed by atoms with Crippen molar-refractivity contribution < 1.29 is 18.6 Å². The molecule has 2 atom stereocenters. The second-order valence-corrected chi connectivity index (χ2v) is 9.33. The standard InChI is InChI=1S/C14H17N2O4PS/c1-19-14(17)13(16-21(18)20-6-7-22-21)8-10-9-15-12-5-3-2-4-11(10)12/h2-5,9,13,15H,6-8H2,1H3,(H,16,18). The molecule has 2 aromatic rings. The number of aromatic nitrogens is 1. The molecule has 2 heterocycles. The molecule has 1 aromatic carbocycles. The van der Waals surface area contributed by atoms with E-state index in [2.05, 4.69) is 10.1 Å². The number of para-hydroxylation sites is 1. The van der Waals surface area contributed by atoms with Crippen LogP contribution >= 0.6 is 18.1 Å². The van der Waals surface area contributed by atoms with E-state index >= 15 is 0 Å². The molecule has 2 N–H and O–H groups in total. The van der Waals surface area contributed by atoms with Crippen LogP contribution in [0.15, 0.2) is 30.5 Å². The van der Waals surface area contributed by atoms with Crippen molar-refractivity contribution >= 4 is 35.0 Å². The second-order valence-electron chi connectivity index (χ2n) is 4.93. The average Bonchev–Trinajstić information content (AvgIpc) is 3.13. The molecule has 6 nitrogen and oxygen atoms in total. The normalized spacial score (nSPS) is 22.8. The topological polar surface area (TPSA) is 80.4 Å². The number of hydrogen-bond donors (Lipinski definition) is 2. The second kappa shape index (κ2) is 6.46. The highest BCUT2D eigenvalue weighted by Gasteiger charge is 2.35. The highest BCUT2D eigenvalue weighted by atomic mass is 32.7. The number of fused-ring (bicyclic) bond motifs is 1. The van der Waals surface area contributed by atoms with Crippen LogP contribution in [-0.4, -0.2) is 36.5 Å². The van der Waals surface area contributed by atoms with E-state index in [1.165, 1.54) is 18.5 Å². The maximum atomic E-state index is 12.5. The van der Waals surface area contributed by atoms with Gasteiger partial charge < -0.3 is 14.2 Å². The molecule has 0 amide bonds. The molecule has 0 saturated carbocycles. The van der Waals surface area contributed by atoms with Crippen molar-refractivity contribution in [3.8, 4) is 0 Å². The van der Waals surface area contributed by atoms with Gasteiger partial charge in [-0.15, -0.1) is 0 Å². The van der Waals surface area contributed by atoms with Crippen LogP contribution in [0.5, 0.6) is 0 Å². The quantitative estimate of drug-likeness (QED) is 0.643. The average molecular weight is 340 g/mol. The summed E-state index contributed by atoms with van der Waals surface area (Å²) in [6, 6.07) is 7.13. The summed E-state index contributed by atoms with van der Waals surface area (Å²) in [5.41, 5.74) is 1.97. The maximum Gasteiger partial charge on any atom is 0.327 e. The summed E-state index contributed by atoms with van der Waals surface area (Å²) in [5.74, 6) is 0.210. The predicted octanol–water partition coefficient (Wildman–Crippen LogP) is 2.71. The van der Waals surface area contributed by atoms with Gasteiger partial charge in [0.1, 0.15) is 6.04 Å². The number of hydrogen-bond acceptors (Lipinski definition) is 5. The molecule has 0 spiro atoms. The maximum absolute atomic E-state index is 12.5. The van der Waals surface area contributed by atoms with E-state index in [4.69, 9.17) is 9.26 Å². The molecular formula is C14H17N2O4PS. The first kappa shape index (κ1) is 15.6. The number of rotatable bonds is 5. The zero-order valence-electron chi connectivity index (χ0n) is 12.1. The Balaban J connectivity index is 1.83. The van der Waals surface area contributed by atoms with Gasteiger partial charge in [0.05, 0.1) is 13.7 Å². The number of esters is 1. The fourth-order valence-corrected chi connectivity index (χ4v) is 6.11. The fourth-order valence-electron chi connectivity index (χ4n) is 2.46. The van der Waals surface area contributed by atoms with E-state index in [9.17, 15) is 9.36 Å². The third-order valence-electron chi connectivity index (χ3n) is 3.50. The first-order valence-electron chi connectivity index (χ1n) is 6.91. The highest BCUT2D eigenvalue weighted by molar-refractivity contribution is 8.56. The van der Waals surface area contributed by atoms with Crippen LogP contribution in [0.25, 0.3) is 10.9 Å². The molecule has 0 bridgehead atoms. The number of H-pyrrole nitrogens is 1. The molecule has 0 aliphatic carbocycles. The zero-order valence-corrected chi connectivity index (χ0v) is 13.8. The van der Waals surface area contributed by atoms with E-state index in [0.717, 1.165) is 16.5 Å². The predicted molar refractivity (Wildman–Crippen MR) is 87.0 cm³/mol. The van der Waals surface area contributed by atoms with Gasteiger partial charge in [-0.2, -0.15) is 0 Å². The number of ether oxygens (including phenoxy) is 1. The third-order valence-corrected chi connectivity index (χ3v) is 7.54. The van der Waals surface area contributed by atoms with E-state index in [-0.39, 0.29) is 0 Å². The fraction of sp³-hybridized carbons (Fsp3) is 0.357.